The largest absolute Gasteiger partial charge is 0.362 e. The fourth-order valence-electron chi connectivity index (χ4n) is 1.78. The molecule has 96 valence electrons. The highest BCUT2D eigenvalue weighted by Gasteiger charge is 2.10. The molecule has 0 aliphatic carbocycles. The van der Waals surface area contributed by atoms with E-state index in [-0.39, 0.29) is 11.9 Å². The van der Waals surface area contributed by atoms with E-state index in [1.807, 2.05) is 13.0 Å². The number of nitrogens with zero attached hydrogens (tertiary/aromatic N) is 2. The molecule has 0 saturated heterocycles. The number of aryl methyl sites for hydroxylation is 1. The van der Waals surface area contributed by atoms with Crippen molar-refractivity contribution in [2.24, 2.45) is 0 Å². The highest BCUT2D eigenvalue weighted by atomic mass is 19.1. The van der Waals surface area contributed by atoms with Gasteiger partial charge in [0.15, 0.2) is 0 Å². The topological polar surface area (TPSA) is 48.7 Å². The van der Waals surface area contributed by atoms with Gasteiger partial charge in [-0.05, 0) is 43.2 Å². The Labute approximate surface area is 111 Å². The van der Waals surface area contributed by atoms with Crippen LogP contribution in [0.1, 0.15) is 29.7 Å². The number of hydrogen-bond acceptors (Lipinski definition) is 3. The van der Waals surface area contributed by atoms with Gasteiger partial charge in [-0.25, -0.2) is 9.37 Å². The summed E-state index contributed by atoms with van der Waals surface area (Å²) in [6.45, 7) is 3.63. The minimum atomic E-state index is -0.229. The maximum Gasteiger partial charge on any atom is 0.144 e. The van der Waals surface area contributed by atoms with Crippen molar-refractivity contribution < 1.29 is 4.39 Å². The first kappa shape index (κ1) is 13.0. The lowest BCUT2D eigenvalue weighted by Crippen LogP contribution is -2.09. The van der Waals surface area contributed by atoms with Crippen LogP contribution < -0.4 is 5.32 Å². The molecule has 0 aliphatic rings. The molecule has 1 aromatic carbocycles. The highest BCUT2D eigenvalue weighted by Crippen LogP contribution is 2.21. The number of benzene rings is 1. The van der Waals surface area contributed by atoms with Crippen LogP contribution in [0.5, 0.6) is 0 Å². The molecule has 0 amide bonds. The van der Waals surface area contributed by atoms with Gasteiger partial charge in [-0.3, -0.25) is 0 Å². The van der Waals surface area contributed by atoms with Crippen molar-refractivity contribution in [2.75, 3.05) is 5.32 Å². The molecule has 2 aromatic rings. The Kier molecular flexibility index (Phi) is 3.76. The van der Waals surface area contributed by atoms with Crippen LogP contribution in [0.3, 0.4) is 0 Å². The summed E-state index contributed by atoms with van der Waals surface area (Å²) in [7, 11) is 0. The summed E-state index contributed by atoms with van der Waals surface area (Å²) in [5.74, 6) is 0.283. The second kappa shape index (κ2) is 5.49. The van der Waals surface area contributed by atoms with Crippen molar-refractivity contribution in [3.8, 4) is 6.07 Å². The molecular weight excluding hydrogens is 241 g/mol. The predicted molar refractivity (Wildman–Crippen MR) is 72.1 cm³/mol. The summed E-state index contributed by atoms with van der Waals surface area (Å²) in [4.78, 5) is 4.13. The summed E-state index contributed by atoms with van der Waals surface area (Å²) >= 11 is 0. The van der Waals surface area contributed by atoms with Crippen LogP contribution in [0, 0.1) is 24.1 Å². The van der Waals surface area contributed by atoms with Crippen LogP contribution in [0.4, 0.5) is 10.2 Å². The zero-order valence-corrected chi connectivity index (χ0v) is 10.8. The van der Waals surface area contributed by atoms with E-state index in [0.29, 0.717) is 16.9 Å². The molecule has 0 spiro atoms. The maximum atomic E-state index is 13.5. The molecule has 0 saturated carbocycles. The van der Waals surface area contributed by atoms with Gasteiger partial charge in [0.1, 0.15) is 17.7 Å². The van der Waals surface area contributed by atoms with Crippen LogP contribution in [-0.2, 0) is 0 Å². The lowest BCUT2D eigenvalue weighted by Gasteiger charge is -2.16. The van der Waals surface area contributed by atoms with Gasteiger partial charge in [0.25, 0.3) is 0 Å². The monoisotopic (exact) mass is 255 g/mol. The Hall–Kier alpha value is -2.41. The fraction of sp³-hybridized carbons (Fsp3) is 0.200. The molecule has 0 radical (unpaired) electrons. The van der Waals surface area contributed by atoms with Crippen LogP contribution in [0.15, 0.2) is 36.5 Å². The number of pyridine rings is 1. The summed E-state index contributed by atoms with van der Waals surface area (Å²) in [5, 5.41) is 12.1. The van der Waals surface area contributed by atoms with Crippen molar-refractivity contribution in [1.82, 2.24) is 4.98 Å². The Balaban J connectivity index is 2.23. The number of halogens is 1. The van der Waals surface area contributed by atoms with Gasteiger partial charge in [0.05, 0.1) is 11.6 Å². The van der Waals surface area contributed by atoms with Gasteiger partial charge in [-0.15, -0.1) is 0 Å². The molecule has 2 rings (SSSR count). The quantitative estimate of drug-likeness (QED) is 0.912. The number of anilines is 1. The van der Waals surface area contributed by atoms with E-state index in [1.165, 1.54) is 6.07 Å². The highest BCUT2D eigenvalue weighted by molar-refractivity contribution is 5.52. The summed E-state index contributed by atoms with van der Waals surface area (Å²) in [6, 6.07) is 10.5. The standard InChI is InChI=1S/C15H14FN3/c1-10-5-6-12(8-14(10)16)11(2)19-15-13(9-17)4-3-7-18-15/h3-8,11H,1-2H3,(H,18,19). The number of rotatable bonds is 3. The normalized spacial score (nSPS) is 11.7. The molecule has 1 aromatic heterocycles. The molecule has 0 bridgehead atoms. The minimum Gasteiger partial charge on any atom is -0.362 e. The third-order valence-corrected chi connectivity index (χ3v) is 2.98. The lowest BCUT2D eigenvalue weighted by atomic mass is 10.1. The maximum absolute atomic E-state index is 13.5. The SMILES string of the molecule is Cc1ccc(C(C)Nc2ncccc2C#N)cc1F. The second-order valence-electron chi connectivity index (χ2n) is 4.39. The molecule has 0 fully saturated rings. The van der Waals surface area contributed by atoms with Crippen LogP contribution >= 0.6 is 0 Å². The first-order valence-corrected chi connectivity index (χ1v) is 5.99. The van der Waals surface area contributed by atoms with E-state index in [4.69, 9.17) is 5.26 Å². The third-order valence-electron chi connectivity index (χ3n) is 2.98. The van der Waals surface area contributed by atoms with Gasteiger partial charge in [0.2, 0.25) is 0 Å². The molecule has 0 aliphatic heterocycles. The Morgan fingerprint density at radius 1 is 1.37 bits per heavy atom. The fourth-order valence-corrected chi connectivity index (χ4v) is 1.78. The van der Waals surface area contributed by atoms with E-state index >= 15 is 0 Å². The number of nitriles is 1. The molecule has 1 atom stereocenters. The Morgan fingerprint density at radius 3 is 2.84 bits per heavy atom. The molecule has 1 unspecified atom stereocenters. The third kappa shape index (κ3) is 2.89. The van der Waals surface area contributed by atoms with Gasteiger partial charge < -0.3 is 5.32 Å². The van der Waals surface area contributed by atoms with E-state index in [2.05, 4.69) is 16.4 Å². The van der Waals surface area contributed by atoms with E-state index < -0.39 is 0 Å². The molecule has 1 N–H and O–H groups in total. The Morgan fingerprint density at radius 2 is 2.16 bits per heavy atom. The number of aromatic nitrogens is 1. The van der Waals surface area contributed by atoms with E-state index in [1.54, 1.807) is 31.3 Å². The lowest BCUT2D eigenvalue weighted by molar-refractivity contribution is 0.614. The van der Waals surface area contributed by atoms with Gasteiger partial charge in [-0.1, -0.05) is 12.1 Å². The van der Waals surface area contributed by atoms with Crippen LogP contribution in [-0.4, -0.2) is 4.98 Å². The van der Waals surface area contributed by atoms with E-state index in [0.717, 1.165) is 5.56 Å². The van der Waals surface area contributed by atoms with Crippen LogP contribution in [0.25, 0.3) is 0 Å². The van der Waals surface area contributed by atoms with Gasteiger partial charge >= 0.3 is 0 Å². The summed E-state index contributed by atoms with van der Waals surface area (Å²) in [5.41, 5.74) is 1.91. The molecule has 1 heterocycles. The Bertz CT molecular complexity index is 632. The van der Waals surface area contributed by atoms with Crippen molar-refractivity contribution in [1.29, 1.82) is 5.26 Å². The first-order chi connectivity index (χ1) is 9.11. The molecule has 19 heavy (non-hydrogen) atoms. The van der Waals surface area contributed by atoms with Crippen LogP contribution in [0.2, 0.25) is 0 Å². The average molecular weight is 255 g/mol. The number of nitrogens with one attached hydrogen (secondary N) is 1. The average Bonchev–Trinajstić information content (AvgIpc) is 2.42. The zero-order chi connectivity index (χ0) is 13.8. The van der Waals surface area contributed by atoms with Crippen molar-refractivity contribution >= 4 is 5.82 Å². The summed E-state index contributed by atoms with van der Waals surface area (Å²) < 4.78 is 13.5. The van der Waals surface area contributed by atoms with Gasteiger partial charge in [-0.2, -0.15) is 5.26 Å². The van der Waals surface area contributed by atoms with Gasteiger partial charge in [0, 0.05) is 6.20 Å². The smallest absolute Gasteiger partial charge is 0.144 e. The molecular formula is C15H14FN3. The minimum absolute atomic E-state index is 0.128. The summed E-state index contributed by atoms with van der Waals surface area (Å²) in [6.07, 6.45) is 1.62. The van der Waals surface area contributed by atoms with Crippen molar-refractivity contribution in [3.05, 3.63) is 59.0 Å². The molecule has 3 nitrogen and oxygen atoms in total. The predicted octanol–water partition coefficient (Wildman–Crippen LogP) is 3.57. The van der Waals surface area contributed by atoms with E-state index in [9.17, 15) is 4.39 Å². The second-order valence-corrected chi connectivity index (χ2v) is 4.39. The number of hydrogen-bond donors (Lipinski definition) is 1. The molecule has 4 heteroatoms. The zero-order valence-electron chi connectivity index (χ0n) is 10.8. The van der Waals surface area contributed by atoms with Crippen molar-refractivity contribution in [2.45, 2.75) is 19.9 Å². The van der Waals surface area contributed by atoms with Crippen molar-refractivity contribution in [3.63, 3.8) is 0 Å². The first-order valence-electron chi connectivity index (χ1n) is 5.99.